The lowest BCUT2D eigenvalue weighted by Crippen LogP contribution is -2.27. The summed E-state index contributed by atoms with van der Waals surface area (Å²) in [4.78, 5) is 6.97. The van der Waals surface area contributed by atoms with Crippen LogP contribution in [0.4, 0.5) is 5.82 Å². The first-order valence-electron chi connectivity index (χ1n) is 7.22. The SMILES string of the molecule is CCCc1cc(CN)cc(N2CC(OC)C(OC)C2)n1. The molecule has 2 N–H and O–H groups in total. The highest BCUT2D eigenvalue weighted by Gasteiger charge is 2.33. The van der Waals surface area contributed by atoms with Crippen molar-refractivity contribution >= 4 is 5.82 Å². The molecular weight excluding hydrogens is 254 g/mol. The molecule has 20 heavy (non-hydrogen) atoms. The smallest absolute Gasteiger partial charge is 0.129 e. The second-order valence-corrected chi connectivity index (χ2v) is 5.23. The van der Waals surface area contributed by atoms with Crippen LogP contribution in [0, 0.1) is 0 Å². The summed E-state index contributed by atoms with van der Waals surface area (Å²) in [5.41, 5.74) is 8.04. The molecule has 112 valence electrons. The first kappa shape index (κ1) is 15.2. The van der Waals surface area contributed by atoms with Crippen LogP contribution in [0.3, 0.4) is 0 Å². The Hall–Kier alpha value is -1.17. The van der Waals surface area contributed by atoms with E-state index in [4.69, 9.17) is 20.2 Å². The van der Waals surface area contributed by atoms with E-state index in [9.17, 15) is 0 Å². The largest absolute Gasteiger partial charge is 0.377 e. The van der Waals surface area contributed by atoms with E-state index in [2.05, 4.69) is 24.0 Å². The minimum atomic E-state index is 0.0953. The molecular formula is C15H25N3O2. The molecule has 1 fully saturated rings. The zero-order chi connectivity index (χ0) is 14.5. The van der Waals surface area contributed by atoms with E-state index in [1.807, 2.05) is 0 Å². The van der Waals surface area contributed by atoms with Crippen LogP contribution in [0.1, 0.15) is 24.6 Å². The van der Waals surface area contributed by atoms with Gasteiger partial charge in [-0.05, 0) is 24.1 Å². The molecule has 2 atom stereocenters. The number of nitrogens with zero attached hydrogens (tertiary/aromatic N) is 2. The molecule has 0 aromatic carbocycles. The van der Waals surface area contributed by atoms with Crippen LogP contribution in [-0.4, -0.2) is 44.5 Å². The fourth-order valence-electron chi connectivity index (χ4n) is 2.68. The maximum absolute atomic E-state index is 5.79. The minimum Gasteiger partial charge on any atom is -0.377 e. The molecule has 0 saturated carbocycles. The summed E-state index contributed by atoms with van der Waals surface area (Å²) in [5, 5.41) is 0. The standard InChI is InChI=1S/C15H25N3O2/c1-4-5-12-6-11(8-16)7-15(17-12)18-9-13(19-2)14(10-18)20-3/h6-7,13-14H,4-5,8-10,16H2,1-3H3. The van der Waals surface area contributed by atoms with Gasteiger partial charge in [-0.1, -0.05) is 13.3 Å². The number of ether oxygens (including phenoxy) is 2. The molecule has 0 bridgehead atoms. The second kappa shape index (κ2) is 7.02. The third kappa shape index (κ3) is 3.29. The Morgan fingerprint density at radius 3 is 2.40 bits per heavy atom. The van der Waals surface area contributed by atoms with Gasteiger partial charge in [0.25, 0.3) is 0 Å². The van der Waals surface area contributed by atoms with Gasteiger partial charge in [0, 0.05) is 39.5 Å². The zero-order valence-corrected chi connectivity index (χ0v) is 12.6. The number of hydrogen-bond acceptors (Lipinski definition) is 5. The van der Waals surface area contributed by atoms with Crippen molar-refractivity contribution in [2.75, 3.05) is 32.2 Å². The normalized spacial score (nSPS) is 22.5. The van der Waals surface area contributed by atoms with Crippen LogP contribution in [0.5, 0.6) is 0 Å². The van der Waals surface area contributed by atoms with Gasteiger partial charge >= 0.3 is 0 Å². The van der Waals surface area contributed by atoms with Gasteiger partial charge in [0.15, 0.2) is 0 Å². The fraction of sp³-hybridized carbons (Fsp3) is 0.667. The van der Waals surface area contributed by atoms with E-state index < -0.39 is 0 Å². The Bertz CT molecular complexity index is 427. The highest BCUT2D eigenvalue weighted by Crippen LogP contribution is 2.23. The Kier molecular flexibility index (Phi) is 5.34. The topological polar surface area (TPSA) is 60.6 Å². The van der Waals surface area contributed by atoms with Gasteiger partial charge < -0.3 is 20.1 Å². The minimum absolute atomic E-state index is 0.0953. The lowest BCUT2D eigenvalue weighted by atomic mass is 10.1. The summed E-state index contributed by atoms with van der Waals surface area (Å²) in [6, 6.07) is 4.18. The molecule has 1 aliphatic rings. The average molecular weight is 279 g/mol. The van der Waals surface area contributed by atoms with Gasteiger partial charge in [0.1, 0.15) is 18.0 Å². The van der Waals surface area contributed by atoms with E-state index in [-0.39, 0.29) is 12.2 Å². The van der Waals surface area contributed by atoms with Crippen molar-refractivity contribution in [1.82, 2.24) is 4.98 Å². The predicted octanol–water partition coefficient (Wildman–Crippen LogP) is 1.34. The van der Waals surface area contributed by atoms with Crippen molar-refractivity contribution < 1.29 is 9.47 Å². The number of methoxy groups -OCH3 is 2. The van der Waals surface area contributed by atoms with Crippen LogP contribution < -0.4 is 10.6 Å². The van der Waals surface area contributed by atoms with E-state index in [0.29, 0.717) is 6.54 Å². The summed E-state index contributed by atoms with van der Waals surface area (Å²) in [7, 11) is 3.46. The molecule has 5 heteroatoms. The van der Waals surface area contributed by atoms with Gasteiger partial charge in [0.05, 0.1) is 0 Å². The molecule has 0 aliphatic carbocycles. The molecule has 5 nitrogen and oxygen atoms in total. The Morgan fingerprint density at radius 2 is 1.90 bits per heavy atom. The Labute approximate surface area is 121 Å². The number of hydrogen-bond donors (Lipinski definition) is 1. The molecule has 0 spiro atoms. The summed E-state index contributed by atoms with van der Waals surface area (Å²) in [6.07, 6.45) is 2.26. The van der Waals surface area contributed by atoms with Gasteiger partial charge in [-0.15, -0.1) is 0 Å². The number of rotatable bonds is 6. The summed E-state index contributed by atoms with van der Waals surface area (Å²) in [5.74, 6) is 0.984. The number of nitrogens with two attached hydrogens (primary N) is 1. The lowest BCUT2D eigenvalue weighted by molar-refractivity contribution is -0.00461. The molecule has 2 heterocycles. The number of anilines is 1. The van der Waals surface area contributed by atoms with Crippen molar-refractivity contribution in [2.24, 2.45) is 5.73 Å². The first-order valence-corrected chi connectivity index (χ1v) is 7.22. The van der Waals surface area contributed by atoms with E-state index in [0.717, 1.165) is 43.0 Å². The molecule has 1 aromatic rings. The lowest BCUT2D eigenvalue weighted by Gasteiger charge is -2.19. The number of pyridine rings is 1. The third-order valence-corrected chi connectivity index (χ3v) is 3.81. The number of aryl methyl sites for hydroxylation is 1. The zero-order valence-electron chi connectivity index (χ0n) is 12.6. The van der Waals surface area contributed by atoms with Gasteiger partial charge in [0.2, 0.25) is 0 Å². The van der Waals surface area contributed by atoms with Crippen LogP contribution in [-0.2, 0) is 22.4 Å². The predicted molar refractivity (Wildman–Crippen MR) is 79.9 cm³/mol. The van der Waals surface area contributed by atoms with Crippen molar-refractivity contribution in [3.8, 4) is 0 Å². The maximum Gasteiger partial charge on any atom is 0.129 e. The van der Waals surface area contributed by atoms with E-state index in [1.54, 1.807) is 14.2 Å². The highest BCUT2D eigenvalue weighted by molar-refractivity contribution is 5.44. The van der Waals surface area contributed by atoms with Gasteiger partial charge in [-0.2, -0.15) is 0 Å². The second-order valence-electron chi connectivity index (χ2n) is 5.23. The van der Waals surface area contributed by atoms with Crippen LogP contribution >= 0.6 is 0 Å². The van der Waals surface area contributed by atoms with Gasteiger partial charge in [-0.3, -0.25) is 0 Å². The molecule has 2 unspecified atom stereocenters. The average Bonchev–Trinajstić information content (AvgIpc) is 2.90. The van der Waals surface area contributed by atoms with Crippen LogP contribution in [0.25, 0.3) is 0 Å². The van der Waals surface area contributed by atoms with Crippen LogP contribution in [0.15, 0.2) is 12.1 Å². The molecule has 0 amide bonds. The highest BCUT2D eigenvalue weighted by atomic mass is 16.5. The van der Waals surface area contributed by atoms with E-state index >= 15 is 0 Å². The van der Waals surface area contributed by atoms with E-state index in [1.165, 1.54) is 0 Å². The van der Waals surface area contributed by atoms with Crippen molar-refractivity contribution in [2.45, 2.75) is 38.5 Å². The molecule has 1 aromatic heterocycles. The fourth-order valence-corrected chi connectivity index (χ4v) is 2.68. The number of aromatic nitrogens is 1. The first-order chi connectivity index (χ1) is 9.71. The molecule has 0 radical (unpaired) electrons. The molecule has 1 aliphatic heterocycles. The van der Waals surface area contributed by atoms with Crippen molar-refractivity contribution in [3.63, 3.8) is 0 Å². The molecule has 2 rings (SSSR count). The summed E-state index contributed by atoms with van der Waals surface area (Å²) < 4.78 is 11.0. The molecule has 1 saturated heterocycles. The summed E-state index contributed by atoms with van der Waals surface area (Å²) >= 11 is 0. The Balaban J connectivity index is 2.21. The third-order valence-electron chi connectivity index (χ3n) is 3.81. The van der Waals surface area contributed by atoms with Crippen molar-refractivity contribution in [1.29, 1.82) is 0 Å². The summed E-state index contributed by atoms with van der Waals surface area (Å²) in [6.45, 7) is 4.32. The maximum atomic E-state index is 5.79. The Morgan fingerprint density at radius 1 is 1.25 bits per heavy atom. The quantitative estimate of drug-likeness (QED) is 0.851. The van der Waals surface area contributed by atoms with Crippen molar-refractivity contribution in [3.05, 3.63) is 23.4 Å². The van der Waals surface area contributed by atoms with Gasteiger partial charge in [-0.25, -0.2) is 4.98 Å². The van der Waals surface area contributed by atoms with Crippen LogP contribution in [0.2, 0.25) is 0 Å². The monoisotopic (exact) mass is 279 g/mol.